The molecule has 0 bridgehead atoms. The molecule has 1 amide bonds. The number of hydrogen-bond donors (Lipinski definition) is 1. The van der Waals surface area contributed by atoms with Gasteiger partial charge in [0, 0.05) is 13.1 Å². The third kappa shape index (κ3) is 3.21. The van der Waals surface area contributed by atoms with E-state index in [-0.39, 0.29) is 10.8 Å². The zero-order chi connectivity index (χ0) is 18.1. The Morgan fingerprint density at radius 1 is 0.923 bits per heavy atom. The number of hydrogen-bond acceptors (Lipinski definition) is 3. The van der Waals surface area contributed by atoms with E-state index in [1.165, 1.54) is 5.56 Å². The second-order valence-corrected chi connectivity index (χ2v) is 8.62. The molecular formula is C20H22N2O3S. The van der Waals surface area contributed by atoms with Gasteiger partial charge in [-0.25, -0.2) is 8.42 Å². The van der Waals surface area contributed by atoms with Gasteiger partial charge in [0.05, 0.1) is 16.1 Å². The van der Waals surface area contributed by atoms with E-state index in [9.17, 15) is 13.2 Å². The molecule has 136 valence electrons. The first-order valence-electron chi connectivity index (χ1n) is 9.07. The Morgan fingerprint density at radius 3 is 2.46 bits per heavy atom. The molecule has 1 aliphatic heterocycles. The Kier molecular flexibility index (Phi) is 4.44. The van der Waals surface area contributed by atoms with Crippen LogP contribution in [-0.4, -0.2) is 32.3 Å². The largest absolute Gasteiger partial charge is 0.339 e. The molecule has 0 saturated carbocycles. The van der Waals surface area contributed by atoms with Gasteiger partial charge in [0.2, 0.25) is 0 Å². The number of benzene rings is 2. The molecule has 0 aromatic heterocycles. The summed E-state index contributed by atoms with van der Waals surface area (Å²) < 4.78 is 28.3. The summed E-state index contributed by atoms with van der Waals surface area (Å²) in [5.74, 6) is -0.116. The predicted molar refractivity (Wildman–Crippen MR) is 101 cm³/mol. The van der Waals surface area contributed by atoms with E-state index in [0.29, 0.717) is 11.3 Å². The molecule has 1 fully saturated rings. The average Bonchev–Trinajstić information content (AvgIpc) is 3.32. The summed E-state index contributed by atoms with van der Waals surface area (Å²) in [6.07, 6.45) is 4.99. The van der Waals surface area contributed by atoms with E-state index in [0.717, 1.165) is 50.8 Å². The number of likely N-dealkylation sites (tertiary alicyclic amines) is 1. The third-order valence-corrected chi connectivity index (χ3v) is 6.54. The molecule has 2 aromatic rings. The van der Waals surface area contributed by atoms with Gasteiger partial charge in [-0.05, 0) is 67.5 Å². The van der Waals surface area contributed by atoms with Gasteiger partial charge < -0.3 is 4.90 Å². The van der Waals surface area contributed by atoms with Crippen molar-refractivity contribution in [1.29, 1.82) is 0 Å². The molecule has 1 saturated heterocycles. The lowest BCUT2D eigenvalue weighted by molar-refractivity contribution is 0.0794. The van der Waals surface area contributed by atoms with Crippen molar-refractivity contribution in [3.8, 4) is 0 Å². The van der Waals surface area contributed by atoms with Crippen molar-refractivity contribution < 1.29 is 13.2 Å². The molecule has 2 aliphatic rings. The summed E-state index contributed by atoms with van der Waals surface area (Å²) >= 11 is 0. The smallest absolute Gasteiger partial charge is 0.261 e. The molecule has 1 N–H and O–H groups in total. The number of para-hydroxylation sites is 1. The van der Waals surface area contributed by atoms with E-state index in [1.54, 1.807) is 41.3 Å². The highest BCUT2D eigenvalue weighted by Gasteiger charge is 2.24. The molecule has 5 nitrogen and oxygen atoms in total. The Balaban J connectivity index is 1.63. The zero-order valence-electron chi connectivity index (χ0n) is 14.6. The van der Waals surface area contributed by atoms with Crippen LogP contribution in [0.1, 0.15) is 40.7 Å². The van der Waals surface area contributed by atoms with Gasteiger partial charge in [0.15, 0.2) is 0 Å². The summed E-state index contributed by atoms with van der Waals surface area (Å²) in [5, 5.41) is 0. The van der Waals surface area contributed by atoms with Crippen molar-refractivity contribution in [1.82, 2.24) is 4.90 Å². The number of carbonyl (C=O) groups is 1. The predicted octanol–water partition coefficient (Wildman–Crippen LogP) is 3.21. The fourth-order valence-corrected chi connectivity index (χ4v) is 4.90. The van der Waals surface area contributed by atoms with Crippen molar-refractivity contribution in [2.24, 2.45) is 0 Å². The lowest BCUT2D eigenvalue weighted by Crippen LogP contribution is -2.28. The third-order valence-electron chi connectivity index (χ3n) is 5.18. The SMILES string of the molecule is O=C(c1ccccc1NS(=O)(=O)c1ccc2c(c1)CCC2)N1CCCC1. The number of sulfonamides is 1. The molecule has 0 atom stereocenters. The van der Waals surface area contributed by atoms with Crippen LogP contribution in [0.2, 0.25) is 0 Å². The van der Waals surface area contributed by atoms with Crippen molar-refractivity contribution in [2.45, 2.75) is 37.0 Å². The van der Waals surface area contributed by atoms with Crippen LogP contribution in [0.3, 0.4) is 0 Å². The lowest BCUT2D eigenvalue weighted by atomic mass is 10.1. The van der Waals surface area contributed by atoms with E-state index < -0.39 is 10.0 Å². The average molecular weight is 370 g/mol. The van der Waals surface area contributed by atoms with E-state index in [2.05, 4.69) is 4.72 Å². The Morgan fingerprint density at radius 2 is 1.65 bits per heavy atom. The molecule has 6 heteroatoms. The maximum Gasteiger partial charge on any atom is 0.261 e. The second kappa shape index (κ2) is 6.76. The van der Waals surface area contributed by atoms with Crippen molar-refractivity contribution in [3.63, 3.8) is 0 Å². The van der Waals surface area contributed by atoms with Crippen LogP contribution in [0.15, 0.2) is 47.4 Å². The van der Waals surface area contributed by atoms with Gasteiger partial charge in [-0.1, -0.05) is 18.2 Å². The maximum absolute atomic E-state index is 12.9. The summed E-state index contributed by atoms with van der Waals surface area (Å²) in [7, 11) is -3.74. The molecule has 0 spiro atoms. The molecule has 26 heavy (non-hydrogen) atoms. The van der Waals surface area contributed by atoms with Gasteiger partial charge in [0.25, 0.3) is 15.9 Å². The summed E-state index contributed by atoms with van der Waals surface area (Å²) in [6, 6.07) is 12.1. The van der Waals surface area contributed by atoms with Crippen molar-refractivity contribution in [2.75, 3.05) is 17.8 Å². The van der Waals surface area contributed by atoms with Crippen molar-refractivity contribution >= 4 is 21.6 Å². The minimum absolute atomic E-state index is 0.116. The Labute approximate surface area is 154 Å². The minimum Gasteiger partial charge on any atom is -0.339 e. The van der Waals surface area contributed by atoms with Crippen LogP contribution < -0.4 is 4.72 Å². The van der Waals surface area contributed by atoms with Gasteiger partial charge in [-0.3, -0.25) is 9.52 Å². The summed E-state index contributed by atoms with van der Waals surface area (Å²) in [5.41, 5.74) is 3.08. The topological polar surface area (TPSA) is 66.5 Å². The first kappa shape index (κ1) is 17.1. The maximum atomic E-state index is 12.9. The number of nitrogens with zero attached hydrogens (tertiary/aromatic N) is 1. The fraction of sp³-hybridized carbons (Fsp3) is 0.350. The first-order chi connectivity index (χ1) is 12.5. The number of carbonyl (C=O) groups excluding carboxylic acids is 1. The first-order valence-corrected chi connectivity index (χ1v) is 10.6. The number of rotatable bonds is 4. The number of fused-ring (bicyclic) bond motifs is 1. The van der Waals surface area contributed by atoms with Crippen LogP contribution in [0.4, 0.5) is 5.69 Å². The Hall–Kier alpha value is -2.34. The number of amides is 1. The standard InChI is InChI=1S/C20H22N2O3S/c23-20(22-12-3-4-13-22)18-8-1-2-9-19(18)21-26(24,25)17-11-10-15-6-5-7-16(15)14-17/h1-2,8-11,14,21H,3-7,12-13H2. The number of aryl methyl sites for hydroxylation is 2. The molecular weight excluding hydrogens is 348 g/mol. The van der Waals surface area contributed by atoms with E-state index in [4.69, 9.17) is 0 Å². The van der Waals surface area contributed by atoms with Crippen molar-refractivity contribution in [3.05, 3.63) is 59.2 Å². The summed E-state index contributed by atoms with van der Waals surface area (Å²) in [6.45, 7) is 1.45. The van der Waals surface area contributed by atoms with Crippen LogP contribution in [-0.2, 0) is 22.9 Å². The molecule has 1 heterocycles. The molecule has 4 rings (SSSR count). The van der Waals surface area contributed by atoms with Crippen LogP contribution in [0.5, 0.6) is 0 Å². The molecule has 0 radical (unpaired) electrons. The van der Waals surface area contributed by atoms with Crippen LogP contribution >= 0.6 is 0 Å². The van der Waals surface area contributed by atoms with Gasteiger partial charge in [-0.2, -0.15) is 0 Å². The molecule has 0 unspecified atom stereocenters. The van der Waals surface area contributed by atoms with Gasteiger partial charge >= 0.3 is 0 Å². The normalized spacial score (nSPS) is 16.5. The molecule has 1 aliphatic carbocycles. The van der Waals surface area contributed by atoms with Gasteiger partial charge in [-0.15, -0.1) is 0 Å². The van der Waals surface area contributed by atoms with E-state index in [1.807, 2.05) is 6.07 Å². The minimum atomic E-state index is -3.74. The van der Waals surface area contributed by atoms with Gasteiger partial charge in [0.1, 0.15) is 0 Å². The fourth-order valence-electron chi connectivity index (χ4n) is 3.77. The zero-order valence-corrected chi connectivity index (χ0v) is 15.4. The molecule has 2 aromatic carbocycles. The highest BCUT2D eigenvalue weighted by atomic mass is 32.2. The monoisotopic (exact) mass is 370 g/mol. The van der Waals surface area contributed by atoms with E-state index >= 15 is 0 Å². The highest BCUT2D eigenvalue weighted by molar-refractivity contribution is 7.92. The van der Waals surface area contributed by atoms with Crippen LogP contribution in [0.25, 0.3) is 0 Å². The highest BCUT2D eigenvalue weighted by Crippen LogP contribution is 2.27. The second-order valence-electron chi connectivity index (χ2n) is 6.93. The van der Waals surface area contributed by atoms with Crippen LogP contribution in [0, 0.1) is 0 Å². The number of anilines is 1. The Bertz CT molecular complexity index is 947. The lowest BCUT2D eigenvalue weighted by Gasteiger charge is -2.18. The quantitative estimate of drug-likeness (QED) is 0.899. The summed E-state index contributed by atoms with van der Waals surface area (Å²) in [4.78, 5) is 14.8. The number of nitrogens with one attached hydrogen (secondary N) is 1.